The van der Waals surface area contributed by atoms with Crippen molar-refractivity contribution in [1.29, 1.82) is 0 Å². The first-order valence-corrected chi connectivity index (χ1v) is 4.95. The van der Waals surface area contributed by atoms with E-state index in [9.17, 15) is 5.11 Å². The summed E-state index contributed by atoms with van der Waals surface area (Å²) in [7, 11) is 1.62. The number of hydrogen-bond acceptors (Lipinski definition) is 3. The van der Waals surface area contributed by atoms with Crippen LogP contribution < -0.4 is 4.74 Å². The summed E-state index contributed by atoms with van der Waals surface area (Å²) in [5.41, 5.74) is 2.50. The Labute approximate surface area is 94.0 Å². The molecule has 16 heavy (non-hydrogen) atoms. The molecule has 2 aromatic rings. The van der Waals surface area contributed by atoms with E-state index >= 15 is 0 Å². The molecule has 1 aromatic carbocycles. The molecule has 1 N–H and O–H groups in total. The summed E-state index contributed by atoms with van der Waals surface area (Å²) >= 11 is 0. The molecule has 0 aliphatic heterocycles. The highest BCUT2D eigenvalue weighted by Gasteiger charge is 2.07. The first kappa shape index (κ1) is 10.5. The SMILES string of the molecule is C=C(O)c1cnc2ccc(OC)cc2c1C. The summed E-state index contributed by atoms with van der Waals surface area (Å²) in [6.07, 6.45) is 1.63. The van der Waals surface area contributed by atoms with Crippen molar-refractivity contribution in [2.45, 2.75) is 6.92 Å². The summed E-state index contributed by atoms with van der Waals surface area (Å²) in [4.78, 5) is 4.26. The van der Waals surface area contributed by atoms with E-state index in [1.165, 1.54) is 0 Å². The summed E-state index contributed by atoms with van der Waals surface area (Å²) in [6.45, 7) is 5.45. The number of nitrogens with zero attached hydrogens (tertiary/aromatic N) is 1. The van der Waals surface area contributed by atoms with Gasteiger partial charge in [0.2, 0.25) is 0 Å². The molecule has 0 unspecified atom stereocenters. The van der Waals surface area contributed by atoms with Crippen LogP contribution in [0.3, 0.4) is 0 Å². The number of aryl methyl sites for hydroxylation is 1. The van der Waals surface area contributed by atoms with Crippen LogP contribution in [0.15, 0.2) is 31.0 Å². The van der Waals surface area contributed by atoms with Gasteiger partial charge in [-0.3, -0.25) is 4.98 Å². The number of pyridine rings is 1. The van der Waals surface area contributed by atoms with Gasteiger partial charge in [-0.15, -0.1) is 0 Å². The zero-order valence-electron chi connectivity index (χ0n) is 9.32. The van der Waals surface area contributed by atoms with Gasteiger partial charge in [-0.25, -0.2) is 0 Å². The molecule has 0 aliphatic rings. The zero-order chi connectivity index (χ0) is 11.7. The molecular formula is C13H13NO2. The number of aliphatic hydroxyl groups is 1. The van der Waals surface area contributed by atoms with Crippen LogP contribution in [0.25, 0.3) is 16.7 Å². The van der Waals surface area contributed by atoms with Gasteiger partial charge >= 0.3 is 0 Å². The van der Waals surface area contributed by atoms with Crippen LogP contribution in [0.1, 0.15) is 11.1 Å². The maximum atomic E-state index is 9.42. The van der Waals surface area contributed by atoms with Crippen molar-refractivity contribution in [2.24, 2.45) is 0 Å². The van der Waals surface area contributed by atoms with Crippen molar-refractivity contribution in [3.63, 3.8) is 0 Å². The van der Waals surface area contributed by atoms with Crippen molar-refractivity contribution in [3.05, 3.63) is 42.1 Å². The monoisotopic (exact) mass is 215 g/mol. The van der Waals surface area contributed by atoms with E-state index in [1.807, 2.05) is 25.1 Å². The van der Waals surface area contributed by atoms with E-state index in [1.54, 1.807) is 13.3 Å². The Balaban J connectivity index is 2.75. The van der Waals surface area contributed by atoms with Crippen molar-refractivity contribution in [1.82, 2.24) is 4.98 Å². The van der Waals surface area contributed by atoms with Crippen LogP contribution in [0.4, 0.5) is 0 Å². The van der Waals surface area contributed by atoms with Crippen LogP contribution in [0.5, 0.6) is 5.75 Å². The molecule has 3 heteroatoms. The second kappa shape index (κ2) is 3.85. The largest absolute Gasteiger partial charge is 0.508 e. The van der Waals surface area contributed by atoms with E-state index in [0.717, 1.165) is 22.2 Å². The number of benzene rings is 1. The molecule has 0 atom stereocenters. The first-order valence-electron chi connectivity index (χ1n) is 4.95. The van der Waals surface area contributed by atoms with Crippen LogP contribution in [-0.2, 0) is 0 Å². The lowest BCUT2D eigenvalue weighted by atomic mass is 10.0. The van der Waals surface area contributed by atoms with Gasteiger partial charge in [0.1, 0.15) is 11.5 Å². The van der Waals surface area contributed by atoms with Gasteiger partial charge in [0.15, 0.2) is 0 Å². The van der Waals surface area contributed by atoms with Crippen molar-refractivity contribution in [3.8, 4) is 5.75 Å². The fourth-order valence-corrected chi connectivity index (χ4v) is 1.72. The molecule has 1 heterocycles. The van der Waals surface area contributed by atoms with Gasteiger partial charge in [-0.05, 0) is 30.7 Å². The van der Waals surface area contributed by atoms with Gasteiger partial charge in [-0.2, -0.15) is 0 Å². The van der Waals surface area contributed by atoms with Gasteiger partial charge < -0.3 is 9.84 Å². The Morgan fingerprint density at radius 3 is 2.81 bits per heavy atom. The van der Waals surface area contributed by atoms with Gasteiger partial charge in [0.25, 0.3) is 0 Å². The minimum Gasteiger partial charge on any atom is -0.508 e. The Morgan fingerprint density at radius 1 is 1.44 bits per heavy atom. The third-order valence-electron chi connectivity index (χ3n) is 2.66. The minimum atomic E-state index is 0.0368. The normalized spacial score (nSPS) is 10.4. The molecule has 0 aliphatic carbocycles. The minimum absolute atomic E-state index is 0.0368. The van der Waals surface area contributed by atoms with Crippen molar-refractivity contribution < 1.29 is 9.84 Å². The molecule has 0 fully saturated rings. The molecule has 1 aromatic heterocycles. The smallest absolute Gasteiger partial charge is 0.119 e. The Morgan fingerprint density at radius 2 is 2.19 bits per heavy atom. The molecule has 0 spiro atoms. The summed E-state index contributed by atoms with van der Waals surface area (Å²) in [5.74, 6) is 0.813. The quantitative estimate of drug-likeness (QED) is 0.783. The van der Waals surface area contributed by atoms with Gasteiger partial charge in [-0.1, -0.05) is 6.58 Å². The maximum Gasteiger partial charge on any atom is 0.119 e. The first-order chi connectivity index (χ1) is 7.63. The van der Waals surface area contributed by atoms with E-state index in [4.69, 9.17) is 4.74 Å². The van der Waals surface area contributed by atoms with E-state index < -0.39 is 0 Å². The zero-order valence-corrected chi connectivity index (χ0v) is 9.32. The van der Waals surface area contributed by atoms with Gasteiger partial charge in [0.05, 0.1) is 12.6 Å². The standard InChI is InChI=1S/C13H13NO2/c1-8-11-6-10(16-3)4-5-13(11)14-7-12(8)9(2)15/h4-7,15H,2H2,1,3H3. The third-order valence-corrected chi connectivity index (χ3v) is 2.66. The average molecular weight is 215 g/mol. The number of ether oxygens (including phenoxy) is 1. The second-order valence-electron chi connectivity index (χ2n) is 3.63. The lowest BCUT2D eigenvalue weighted by molar-refractivity contribution is 0.415. The number of methoxy groups -OCH3 is 1. The van der Waals surface area contributed by atoms with Gasteiger partial charge in [0, 0.05) is 17.1 Å². The topological polar surface area (TPSA) is 42.4 Å². The van der Waals surface area contributed by atoms with Crippen LogP contribution in [0, 0.1) is 6.92 Å². The molecule has 0 saturated carbocycles. The van der Waals surface area contributed by atoms with Crippen LogP contribution in [-0.4, -0.2) is 17.2 Å². The molecule has 0 amide bonds. The second-order valence-corrected chi connectivity index (χ2v) is 3.63. The highest BCUT2D eigenvalue weighted by atomic mass is 16.5. The van der Waals surface area contributed by atoms with Crippen LogP contribution in [0.2, 0.25) is 0 Å². The number of hydrogen-bond donors (Lipinski definition) is 1. The highest BCUT2D eigenvalue weighted by molar-refractivity contribution is 5.86. The summed E-state index contributed by atoms with van der Waals surface area (Å²) in [5, 5.41) is 10.4. The molecule has 82 valence electrons. The number of fused-ring (bicyclic) bond motifs is 1. The molecule has 0 bridgehead atoms. The molecule has 0 radical (unpaired) electrons. The molecular weight excluding hydrogens is 202 g/mol. The summed E-state index contributed by atoms with van der Waals surface area (Å²) < 4.78 is 5.16. The predicted octanol–water partition coefficient (Wildman–Crippen LogP) is 3.08. The third kappa shape index (κ3) is 1.60. The molecule has 2 rings (SSSR count). The van der Waals surface area contributed by atoms with E-state index in [0.29, 0.717) is 5.56 Å². The number of rotatable bonds is 2. The van der Waals surface area contributed by atoms with E-state index in [-0.39, 0.29) is 5.76 Å². The number of aliphatic hydroxyl groups excluding tert-OH is 1. The van der Waals surface area contributed by atoms with Crippen LogP contribution >= 0.6 is 0 Å². The van der Waals surface area contributed by atoms with Crippen molar-refractivity contribution >= 4 is 16.7 Å². The Kier molecular flexibility index (Phi) is 2.52. The number of aromatic nitrogens is 1. The van der Waals surface area contributed by atoms with Crippen molar-refractivity contribution in [2.75, 3.05) is 7.11 Å². The Hall–Kier alpha value is -2.03. The average Bonchev–Trinajstić information content (AvgIpc) is 2.28. The lowest BCUT2D eigenvalue weighted by Gasteiger charge is -2.08. The molecule has 3 nitrogen and oxygen atoms in total. The van der Waals surface area contributed by atoms with E-state index in [2.05, 4.69) is 11.6 Å². The Bertz CT molecular complexity index is 561. The predicted molar refractivity (Wildman–Crippen MR) is 64.7 cm³/mol. The fourth-order valence-electron chi connectivity index (χ4n) is 1.72. The molecule has 0 saturated heterocycles. The summed E-state index contributed by atoms with van der Waals surface area (Å²) in [6, 6.07) is 5.66. The highest BCUT2D eigenvalue weighted by Crippen LogP contribution is 2.26. The lowest BCUT2D eigenvalue weighted by Crippen LogP contribution is -1.92. The fraction of sp³-hybridized carbons (Fsp3) is 0.154. The maximum absolute atomic E-state index is 9.42.